The van der Waals surface area contributed by atoms with E-state index in [0.29, 0.717) is 12.2 Å². The Morgan fingerprint density at radius 2 is 1.70 bits per heavy atom. The zero-order valence-corrected chi connectivity index (χ0v) is 12.9. The number of hydrogen-bond donors (Lipinski definition) is 0. The minimum Gasteiger partial charge on any atom is -0.462 e. The van der Waals surface area contributed by atoms with E-state index in [1.165, 1.54) is 32.1 Å². The molecule has 0 amide bonds. The largest absolute Gasteiger partial charge is 0.462 e. The fraction of sp³-hybridized carbons (Fsp3) is 0.611. The molecule has 0 aliphatic carbocycles. The van der Waals surface area contributed by atoms with Gasteiger partial charge in [0.2, 0.25) is 0 Å². The topological polar surface area (TPSA) is 26.3 Å². The normalized spacial score (nSPS) is 12.1. The molecule has 0 saturated carbocycles. The third kappa shape index (κ3) is 7.32. The first-order valence-electron chi connectivity index (χ1n) is 7.96. The third-order valence-corrected chi connectivity index (χ3v) is 3.63. The molecule has 0 aliphatic rings. The zero-order valence-electron chi connectivity index (χ0n) is 12.9. The molecule has 2 heteroatoms. The van der Waals surface area contributed by atoms with Crippen molar-refractivity contribution < 1.29 is 9.53 Å². The lowest BCUT2D eigenvalue weighted by Gasteiger charge is -2.10. The Labute approximate surface area is 123 Å². The first-order valence-corrected chi connectivity index (χ1v) is 7.96. The van der Waals surface area contributed by atoms with Gasteiger partial charge in [0, 0.05) is 0 Å². The van der Waals surface area contributed by atoms with Crippen molar-refractivity contribution in [1.29, 1.82) is 0 Å². The van der Waals surface area contributed by atoms with Crippen molar-refractivity contribution in [2.45, 2.75) is 58.8 Å². The molecule has 0 bridgehead atoms. The van der Waals surface area contributed by atoms with E-state index in [1.807, 2.05) is 18.2 Å². The monoisotopic (exact) mass is 276 g/mol. The first-order chi connectivity index (χ1) is 9.74. The van der Waals surface area contributed by atoms with Crippen molar-refractivity contribution in [3.63, 3.8) is 0 Å². The SMILES string of the molecule is CCCCCC(C)CCCCOC(=O)c1ccccc1. The number of benzene rings is 1. The fourth-order valence-electron chi connectivity index (χ4n) is 2.30. The maximum Gasteiger partial charge on any atom is 0.338 e. The molecular weight excluding hydrogens is 248 g/mol. The molecule has 1 rings (SSSR count). The lowest BCUT2D eigenvalue weighted by molar-refractivity contribution is 0.0497. The Morgan fingerprint density at radius 3 is 2.35 bits per heavy atom. The molecule has 0 spiro atoms. The molecule has 112 valence electrons. The van der Waals surface area contributed by atoms with Crippen LogP contribution in [0.25, 0.3) is 0 Å². The fourth-order valence-corrected chi connectivity index (χ4v) is 2.30. The van der Waals surface area contributed by atoms with Gasteiger partial charge in [0.25, 0.3) is 0 Å². The molecular formula is C18H28O2. The van der Waals surface area contributed by atoms with Crippen LogP contribution in [0.15, 0.2) is 30.3 Å². The molecule has 0 radical (unpaired) electrons. The van der Waals surface area contributed by atoms with Gasteiger partial charge in [-0.25, -0.2) is 4.79 Å². The zero-order chi connectivity index (χ0) is 14.6. The molecule has 0 aliphatic heterocycles. The molecule has 0 aromatic heterocycles. The summed E-state index contributed by atoms with van der Waals surface area (Å²) in [5.74, 6) is 0.591. The Bertz CT molecular complexity index is 359. The molecule has 0 saturated heterocycles. The van der Waals surface area contributed by atoms with E-state index in [1.54, 1.807) is 12.1 Å². The molecule has 0 N–H and O–H groups in total. The Balaban J connectivity index is 2.03. The highest BCUT2D eigenvalue weighted by atomic mass is 16.5. The van der Waals surface area contributed by atoms with Gasteiger partial charge in [-0.05, 0) is 30.9 Å². The second-order valence-electron chi connectivity index (χ2n) is 5.60. The van der Waals surface area contributed by atoms with Crippen molar-refractivity contribution in [3.05, 3.63) is 35.9 Å². The van der Waals surface area contributed by atoms with E-state index in [4.69, 9.17) is 4.74 Å². The van der Waals surface area contributed by atoms with E-state index < -0.39 is 0 Å². The molecule has 0 fully saturated rings. The molecule has 1 unspecified atom stereocenters. The second-order valence-corrected chi connectivity index (χ2v) is 5.60. The molecule has 20 heavy (non-hydrogen) atoms. The molecule has 1 atom stereocenters. The van der Waals surface area contributed by atoms with Gasteiger partial charge < -0.3 is 4.74 Å². The summed E-state index contributed by atoms with van der Waals surface area (Å²) in [6.07, 6.45) is 8.68. The Morgan fingerprint density at radius 1 is 1.05 bits per heavy atom. The maximum atomic E-state index is 11.7. The summed E-state index contributed by atoms with van der Waals surface area (Å²) >= 11 is 0. The highest BCUT2D eigenvalue weighted by Gasteiger charge is 2.06. The Kier molecular flexibility index (Phi) is 8.77. The summed E-state index contributed by atoms with van der Waals surface area (Å²) in [4.78, 5) is 11.7. The van der Waals surface area contributed by atoms with E-state index in [-0.39, 0.29) is 5.97 Å². The van der Waals surface area contributed by atoms with Crippen molar-refractivity contribution in [2.24, 2.45) is 5.92 Å². The standard InChI is InChI=1S/C18H28O2/c1-3-4-6-11-16(2)12-9-10-15-20-18(19)17-13-7-5-8-14-17/h5,7-8,13-14,16H,3-4,6,9-12,15H2,1-2H3. The van der Waals surface area contributed by atoms with Gasteiger partial charge >= 0.3 is 5.97 Å². The number of hydrogen-bond acceptors (Lipinski definition) is 2. The number of unbranched alkanes of at least 4 members (excludes halogenated alkanes) is 3. The van der Waals surface area contributed by atoms with Gasteiger partial charge in [0.05, 0.1) is 12.2 Å². The molecule has 0 heterocycles. The van der Waals surface area contributed by atoms with Crippen LogP contribution in [0.1, 0.15) is 69.2 Å². The van der Waals surface area contributed by atoms with Crippen LogP contribution in [0.5, 0.6) is 0 Å². The number of esters is 1. The van der Waals surface area contributed by atoms with Gasteiger partial charge in [-0.2, -0.15) is 0 Å². The van der Waals surface area contributed by atoms with Crippen LogP contribution in [0.2, 0.25) is 0 Å². The number of carbonyl (C=O) groups is 1. The van der Waals surface area contributed by atoms with Gasteiger partial charge in [-0.1, -0.05) is 64.2 Å². The van der Waals surface area contributed by atoms with Gasteiger partial charge in [0.15, 0.2) is 0 Å². The van der Waals surface area contributed by atoms with Crippen molar-refractivity contribution in [1.82, 2.24) is 0 Å². The molecule has 1 aromatic carbocycles. The van der Waals surface area contributed by atoms with Gasteiger partial charge in [-0.15, -0.1) is 0 Å². The van der Waals surface area contributed by atoms with Gasteiger partial charge in [-0.3, -0.25) is 0 Å². The minimum absolute atomic E-state index is 0.207. The first kappa shape index (κ1) is 16.7. The van der Waals surface area contributed by atoms with Crippen LogP contribution in [-0.4, -0.2) is 12.6 Å². The van der Waals surface area contributed by atoms with E-state index in [0.717, 1.165) is 18.8 Å². The highest BCUT2D eigenvalue weighted by molar-refractivity contribution is 5.89. The molecule has 1 aromatic rings. The lowest BCUT2D eigenvalue weighted by atomic mass is 9.97. The van der Waals surface area contributed by atoms with Crippen LogP contribution < -0.4 is 0 Å². The van der Waals surface area contributed by atoms with Crippen LogP contribution in [0.3, 0.4) is 0 Å². The quantitative estimate of drug-likeness (QED) is 0.432. The van der Waals surface area contributed by atoms with Crippen molar-refractivity contribution in [3.8, 4) is 0 Å². The minimum atomic E-state index is -0.207. The highest BCUT2D eigenvalue weighted by Crippen LogP contribution is 2.16. The average Bonchev–Trinajstić information content (AvgIpc) is 2.48. The third-order valence-electron chi connectivity index (χ3n) is 3.63. The average molecular weight is 276 g/mol. The predicted molar refractivity (Wildman–Crippen MR) is 83.9 cm³/mol. The van der Waals surface area contributed by atoms with E-state index >= 15 is 0 Å². The maximum absolute atomic E-state index is 11.7. The number of ether oxygens (including phenoxy) is 1. The van der Waals surface area contributed by atoms with Crippen LogP contribution in [0, 0.1) is 5.92 Å². The summed E-state index contributed by atoms with van der Waals surface area (Å²) in [6, 6.07) is 9.19. The summed E-state index contributed by atoms with van der Waals surface area (Å²) in [5, 5.41) is 0. The summed E-state index contributed by atoms with van der Waals surface area (Å²) in [6.45, 7) is 5.10. The lowest BCUT2D eigenvalue weighted by Crippen LogP contribution is -2.06. The van der Waals surface area contributed by atoms with Crippen molar-refractivity contribution in [2.75, 3.05) is 6.61 Å². The summed E-state index contributed by atoms with van der Waals surface area (Å²) in [5.41, 5.74) is 0.639. The summed E-state index contributed by atoms with van der Waals surface area (Å²) in [7, 11) is 0. The predicted octanol–water partition coefficient (Wildman–Crippen LogP) is 5.23. The van der Waals surface area contributed by atoms with Crippen molar-refractivity contribution >= 4 is 5.97 Å². The van der Waals surface area contributed by atoms with Crippen LogP contribution in [-0.2, 0) is 4.74 Å². The number of carbonyl (C=O) groups excluding carboxylic acids is 1. The Hall–Kier alpha value is -1.31. The van der Waals surface area contributed by atoms with Gasteiger partial charge in [0.1, 0.15) is 0 Å². The van der Waals surface area contributed by atoms with E-state index in [2.05, 4.69) is 13.8 Å². The smallest absolute Gasteiger partial charge is 0.338 e. The van der Waals surface area contributed by atoms with E-state index in [9.17, 15) is 4.79 Å². The summed E-state index contributed by atoms with van der Waals surface area (Å²) < 4.78 is 5.27. The second kappa shape index (κ2) is 10.5. The molecule has 2 nitrogen and oxygen atoms in total. The van der Waals surface area contributed by atoms with Crippen LogP contribution in [0.4, 0.5) is 0 Å². The number of rotatable bonds is 10. The van der Waals surface area contributed by atoms with Crippen LogP contribution >= 0.6 is 0 Å².